The maximum absolute atomic E-state index is 11.8. The van der Waals surface area contributed by atoms with E-state index < -0.39 is 5.97 Å². The van der Waals surface area contributed by atoms with Gasteiger partial charge in [-0.15, -0.1) is 0 Å². The van der Waals surface area contributed by atoms with E-state index in [1.807, 2.05) is 6.92 Å². The molecule has 3 N–H and O–H groups in total. The Morgan fingerprint density at radius 3 is 2.58 bits per heavy atom. The Balaban J connectivity index is 1.89. The van der Waals surface area contributed by atoms with Gasteiger partial charge < -0.3 is 14.8 Å². The molecule has 2 unspecified atom stereocenters. The summed E-state index contributed by atoms with van der Waals surface area (Å²) in [5.41, 5.74) is 0. The zero-order valence-corrected chi connectivity index (χ0v) is 11.0. The minimum absolute atomic E-state index is 0.0423. The van der Waals surface area contributed by atoms with E-state index in [2.05, 4.69) is 10.6 Å². The third-order valence-corrected chi connectivity index (χ3v) is 3.08. The maximum atomic E-state index is 11.8. The summed E-state index contributed by atoms with van der Waals surface area (Å²) in [4.78, 5) is 22.5. The molecule has 1 fully saturated rings. The Hall–Kier alpha value is -1.82. The monoisotopic (exact) mass is 266 g/mol. The number of aromatic carboxylic acids is 1. The Bertz CT molecular complexity index is 479. The van der Waals surface area contributed by atoms with E-state index in [-0.39, 0.29) is 23.8 Å². The van der Waals surface area contributed by atoms with Crippen molar-refractivity contribution in [3.63, 3.8) is 0 Å². The van der Waals surface area contributed by atoms with Crippen LogP contribution < -0.4 is 10.6 Å². The first-order valence-corrected chi connectivity index (χ1v) is 6.37. The van der Waals surface area contributed by atoms with Crippen molar-refractivity contribution in [1.29, 1.82) is 0 Å². The van der Waals surface area contributed by atoms with Gasteiger partial charge in [-0.25, -0.2) is 4.79 Å². The quantitative estimate of drug-likeness (QED) is 0.721. The van der Waals surface area contributed by atoms with Crippen molar-refractivity contribution in [3.05, 3.63) is 23.7 Å². The largest absolute Gasteiger partial charge is 0.475 e. The molecule has 1 heterocycles. The Morgan fingerprint density at radius 2 is 2.05 bits per heavy atom. The zero-order valence-electron chi connectivity index (χ0n) is 11.0. The third kappa shape index (κ3) is 3.57. The van der Waals surface area contributed by atoms with Gasteiger partial charge in [0.25, 0.3) is 0 Å². The molecule has 0 aromatic carbocycles. The molecule has 1 aliphatic carbocycles. The molecule has 1 aliphatic rings. The van der Waals surface area contributed by atoms with E-state index in [0.29, 0.717) is 11.8 Å². The van der Waals surface area contributed by atoms with Crippen molar-refractivity contribution in [1.82, 2.24) is 10.6 Å². The summed E-state index contributed by atoms with van der Waals surface area (Å²) in [6.07, 6.45) is 2.10. The number of carbonyl (C=O) groups is 2. The summed E-state index contributed by atoms with van der Waals surface area (Å²) in [5, 5.41) is 14.8. The Kier molecular flexibility index (Phi) is 3.90. The van der Waals surface area contributed by atoms with Gasteiger partial charge in [0, 0.05) is 6.04 Å². The first-order chi connectivity index (χ1) is 8.97. The number of nitrogens with one attached hydrogen (secondary N) is 2. The fourth-order valence-corrected chi connectivity index (χ4v) is 1.79. The molecular formula is C13H18N2O4. The fraction of sp³-hybridized carbons (Fsp3) is 0.538. The number of carboxylic acid groups (broad SMARTS) is 1. The zero-order chi connectivity index (χ0) is 14.0. The van der Waals surface area contributed by atoms with E-state index in [1.165, 1.54) is 6.07 Å². The lowest BCUT2D eigenvalue weighted by Crippen LogP contribution is -2.43. The van der Waals surface area contributed by atoms with Crippen LogP contribution in [0.4, 0.5) is 0 Å². The topological polar surface area (TPSA) is 91.6 Å². The molecule has 0 saturated heterocycles. The predicted molar refractivity (Wildman–Crippen MR) is 67.8 cm³/mol. The maximum Gasteiger partial charge on any atom is 0.371 e. The van der Waals surface area contributed by atoms with Crippen molar-refractivity contribution in [2.75, 3.05) is 0 Å². The van der Waals surface area contributed by atoms with Gasteiger partial charge in [-0.3, -0.25) is 10.1 Å². The minimum Gasteiger partial charge on any atom is -0.475 e. The highest BCUT2D eigenvalue weighted by atomic mass is 16.4. The Labute approximate surface area is 111 Å². The van der Waals surface area contributed by atoms with Gasteiger partial charge in [0.2, 0.25) is 11.7 Å². The molecule has 0 radical (unpaired) electrons. The number of amides is 1. The molecule has 1 saturated carbocycles. The van der Waals surface area contributed by atoms with Gasteiger partial charge in [-0.1, -0.05) is 0 Å². The molecule has 1 aromatic rings. The second kappa shape index (κ2) is 5.44. The van der Waals surface area contributed by atoms with Crippen molar-refractivity contribution < 1.29 is 19.1 Å². The molecule has 0 aliphatic heterocycles. The summed E-state index contributed by atoms with van der Waals surface area (Å²) >= 11 is 0. The molecule has 2 atom stereocenters. The molecule has 2 rings (SSSR count). The molecule has 19 heavy (non-hydrogen) atoms. The van der Waals surface area contributed by atoms with Crippen LogP contribution in [-0.4, -0.2) is 29.1 Å². The highest BCUT2D eigenvalue weighted by Gasteiger charge is 2.26. The van der Waals surface area contributed by atoms with E-state index in [1.54, 1.807) is 13.0 Å². The molecular weight excluding hydrogens is 248 g/mol. The second-order valence-electron chi connectivity index (χ2n) is 4.90. The summed E-state index contributed by atoms with van der Waals surface area (Å²) in [6, 6.07) is 2.76. The lowest BCUT2D eigenvalue weighted by Gasteiger charge is -2.18. The van der Waals surface area contributed by atoms with Gasteiger partial charge in [0.15, 0.2) is 0 Å². The lowest BCUT2D eigenvalue weighted by molar-refractivity contribution is -0.123. The van der Waals surface area contributed by atoms with Crippen LogP contribution in [0.15, 0.2) is 16.5 Å². The molecule has 104 valence electrons. The number of rotatable bonds is 6. The van der Waals surface area contributed by atoms with Crippen LogP contribution in [0.1, 0.15) is 49.0 Å². The first-order valence-electron chi connectivity index (χ1n) is 6.37. The van der Waals surface area contributed by atoms with Crippen molar-refractivity contribution in [2.45, 2.75) is 44.8 Å². The summed E-state index contributed by atoms with van der Waals surface area (Å²) in [7, 11) is 0. The average Bonchev–Trinajstić information content (AvgIpc) is 3.01. The van der Waals surface area contributed by atoms with Crippen LogP contribution in [0.3, 0.4) is 0 Å². The molecule has 6 heteroatoms. The first kappa shape index (κ1) is 13.6. The van der Waals surface area contributed by atoms with Gasteiger partial charge in [-0.05, 0) is 38.8 Å². The molecule has 0 bridgehead atoms. The van der Waals surface area contributed by atoms with Crippen LogP contribution in [0.2, 0.25) is 0 Å². The summed E-state index contributed by atoms with van der Waals surface area (Å²) < 4.78 is 5.19. The highest BCUT2D eigenvalue weighted by Crippen LogP contribution is 2.19. The number of hydrogen-bond donors (Lipinski definition) is 3. The molecule has 1 amide bonds. The van der Waals surface area contributed by atoms with E-state index in [0.717, 1.165) is 12.8 Å². The second-order valence-corrected chi connectivity index (χ2v) is 4.90. The number of hydrogen-bond acceptors (Lipinski definition) is 4. The highest BCUT2D eigenvalue weighted by molar-refractivity contribution is 5.84. The number of furan rings is 1. The normalized spacial score (nSPS) is 17.8. The molecule has 1 aromatic heterocycles. The van der Waals surface area contributed by atoms with Crippen LogP contribution >= 0.6 is 0 Å². The van der Waals surface area contributed by atoms with Crippen LogP contribution in [-0.2, 0) is 4.79 Å². The van der Waals surface area contributed by atoms with Gasteiger partial charge in [0.05, 0.1) is 12.1 Å². The Morgan fingerprint density at radius 1 is 1.37 bits per heavy atom. The van der Waals surface area contributed by atoms with Gasteiger partial charge >= 0.3 is 5.97 Å². The molecule has 6 nitrogen and oxygen atoms in total. The van der Waals surface area contributed by atoms with Crippen molar-refractivity contribution in [2.24, 2.45) is 0 Å². The van der Waals surface area contributed by atoms with Crippen LogP contribution in [0.25, 0.3) is 0 Å². The van der Waals surface area contributed by atoms with E-state index in [9.17, 15) is 9.59 Å². The minimum atomic E-state index is -1.10. The van der Waals surface area contributed by atoms with Gasteiger partial charge in [0.1, 0.15) is 5.76 Å². The van der Waals surface area contributed by atoms with Crippen molar-refractivity contribution >= 4 is 11.9 Å². The SMILES string of the molecule is CC(NC(C)c1ccc(C(=O)O)o1)C(=O)NC1CC1. The summed E-state index contributed by atoms with van der Waals surface area (Å²) in [5.74, 6) is -0.737. The summed E-state index contributed by atoms with van der Waals surface area (Å²) in [6.45, 7) is 3.60. The third-order valence-electron chi connectivity index (χ3n) is 3.08. The van der Waals surface area contributed by atoms with Crippen molar-refractivity contribution in [3.8, 4) is 0 Å². The number of carboxylic acids is 1. The average molecular weight is 266 g/mol. The molecule has 0 spiro atoms. The van der Waals surface area contributed by atoms with E-state index in [4.69, 9.17) is 9.52 Å². The predicted octanol–water partition coefficient (Wildman–Crippen LogP) is 1.30. The lowest BCUT2D eigenvalue weighted by atomic mass is 10.2. The fourth-order valence-electron chi connectivity index (χ4n) is 1.79. The van der Waals surface area contributed by atoms with E-state index >= 15 is 0 Å². The number of carbonyl (C=O) groups excluding carboxylic acids is 1. The smallest absolute Gasteiger partial charge is 0.371 e. The standard InChI is InChI=1S/C13H18N2O4/c1-7(10-5-6-11(19-10)13(17)18)14-8(2)12(16)15-9-3-4-9/h5-9,14H,3-4H2,1-2H3,(H,15,16)(H,17,18). The van der Waals surface area contributed by atoms with Crippen LogP contribution in [0.5, 0.6) is 0 Å². The van der Waals surface area contributed by atoms with Crippen LogP contribution in [0, 0.1) is 0 Å². The van der Waals surface area contributed by atoms with Gasteiger partial charge in [-0.2, -0.15) is 0 Å².